The predicted octanol–water partition coefficient (Wildman–Crippen LogP) is 4.14. The third-order valence-corrected chi connectivity index (χ3v) is 3.64. The highest BCUT2D eigenvalue weighted by atomic mass is 35.5. The Morgan fingerprint density at radius 3 is 2.60 bits per heavy atom. The summed E-state index contributed by atoms with van der Waals surface area (Å²) in [6.45, 7) is 2.69. The Morgan fingerprint density at radius 2 is 1.96 bits per heavy atom. The molecule has 2 aromatic carbocycles. The van der Waals surface area contributed by atoms with Gasteiger partial charge in [0.05, 0.1) is 17.8 Å². The Hall–Kier alpha value is -2.02. The molecular formula is C17H17Cl2N3O2S. The van der Waals surface area contributed by atoms with Gasteiger partial charge in [-0.15, -0.1) is 0 Å². The topological polar surface area (TPSA) is 68.9 Å². The summed E-state index contributed by atoms with van der Waals surface area (Å²) in [7, 11) is 0. The molecule has 132 valence electrons. The molecule has 0 unspecified atom stereocenters. The van der Waals surface area contributed by atoms with Crippen LogP contribution in [0, 0.1) is 0 Å². The minimum atomic E-state index is 0.0790. The minimum Gasteiger partial charge on any atom is -0.490 e. The summed E-state index contributed by atoms with van der Waals surface area (Å²) in [6.07, 6.45) is 1.54. The van der Waals surface area contributed by atoms with Crippen LogP contribution >= 0.6 is 35.4 Å². The van der Waals surface area contributed by atoms with E-state index in [2.05, 4.69) is 22.7 Å². The summed E-state index contributed by atoms with van der Waals surface area (Å²) in [4.78, 5) is 0. The van der Waals surface area contributed by atoms with E-state index in [-0.39, 0.29) is 5.11 Å². The molecule has 0 saturated heterocycles. The van der Waals surface area contributed by atoms with Crippen molar-refractivity contribution in [1.82, 2.24) is 5.43 Å². The van der Waals surface area contributed by atoms with Gasteiger partial charge >= 0.3 is 0 Å². The fourth-order valence-electron chi connectivity index (χ4n) is 1.97. The van der Waals surface area contributed by atoms with E-state index in [0.29, 0.717) is 34.8 Å². The fraction of sp³-hybridized carbons (Fsp3) is 0.176. The molecule has 0 atom stereocenters. The molecule has 0 amide bonds. The summed E-state index contributed by atoms with van der Waals surface area (Å²) in [6, 6.07) is 10.9. The molecule has 0 heterocycles. The summed E-state index contributed by atoms with van der Waals surface area (Å²) in [5.41, 5.74) is 9.49. The van der Waals surface area contributed by atoms with Gasteiger partial charge in [-0.1, -0.05) is 35.3 Å². The van der Waals surface area contributed by atoms with E-state index >= 15 is 0 Å². The lowest BCUT2D eigenvalue weighted by atomic mass is 10.2. The van der Waals surface area contributed by atoms with Crippen LogP contribution in [-0.2, 0) is 6.61 Å². The standard InChI is InChI=1S/C17H17Cl2N3O2S/c1-2-23-15-8-12(9-21-22-17(20)25)7-14(19)16(15)24-10-11-3-5-13(18)6-4-11/h3-9H,2,10H2,1H3,(H3,20,22,25). The van der Waals surface area contributed by atoms with Crippen molar-refractivity contribution in [3.63, 3.8) is 0 Å². The molecule has 0 aliphatic carbocycles. The SMILES string of the molecule is CCOc1cc(C=NNC(N)=S)cc(Cl)c1OCc1ccc(Cl)cc1. The van der Waals surface area contributed by atoms with E-state index in [0.717, 1.165) is 11.1 Å². The molecular weight excluding hydrogens is 381 g/mol. The quantitative estimate of drug-likeness (QED) is 0.417. The zero-order chi connectivity index (χ0) is 18.2. The molecule has 0 bridgehead atoms. The van der Waals surface area contributed by atoms with Gasteiger partial charge in [-0.3, -0.25) is 5.43 Å². The largest absolute Gasteiger partial charge is 0.490 e. The van der Waals surface area contributed by atoms with Gasteiger partial charge in [-0.05, 0) is 54.5 Å². The van der Waals surface area contributed by atoms with Gasteiger partial charge in [0.2, 0.25) is 0 Å². The maximum absolute atomic E-state index is 6.34. The normalized spacial score (nSPS) is 10.7. The number of thiocarbonyl (C=S) groups is 1. The molecule has 0 radical (unpaired) electrons. The molecule has 2 aromatic rings. The highest BCUT2D eigenvalue weighted by molar-refractivity contribution is 7.80. The van der Waals surface area contributed by atoms with Gasteiger partial charge in [0.15, 0.2) is 16.6 Å². The number of benzene rings is 2. The van der Waals surface area contributed by atoms with Crippen molar-refractivity contribution in [3.05, 3.63) is 57.6 Å². The Labute approximate surface area is 161 Å². The molecule has 0 saturated carbocycles. The van der Waals surface area contributed by atoms with Crippen LogP contribution < -0.4 is 20.6 Å². The van der Waals surface area contributed by atoms with E-state index < -0.39 is 0 Å². The first-order valence-corrected chi connectivity index (χ1v) is 8.58. The van der Waals surface area contributed by atoms with Crippen LogP contribution in [-0.4, -0.2) is 17.9 Å². The lowest BCUT2D eigenvalue weighted by Gasteiger charge is -2.14. The van der Waals surface area contributed by atoms with Crippen LogP contribution in [0.2, 0.25) is 10.0 Å². The van der Waals surface area contributed by atoms with Crippen molar-refractivity contribution in [2.75, 3.05) is 6.61 Å². The number of nitrogens with zero attached hydrogens (tertiary/aromatic N) is 1. The Bertz CT molecular complexity index is 767. The van der Waals surface area contributed by atoms with E-state index in [1.165, 1.54) is 6.21 Å². The first-order valence-electron chi connectivity index (χ1n) is 7.41. The van der Waals surface area contributed by atoms with E-state index in [9.17, 15) is 0 Å². The van der Waals surface area contributed by atoms with Crippen LogP contribution in [0.1, 0.15) is 18.1 Å². The summed E-state index contributed by atoms with van der Waals surface area (Å²) >= 11 is 16.9. The molecule has 0 spiro atoms. The monoisotopic (exact) mass is 397 g/mol. The zero-order valence-corrected chi connectivity index (χ0v) is 15.8. The smallest absolute Gasteiger partial charge is 0.184 e. The molecule has 3 N–H and O–H groups in total. The second-order valence-electron chi connectivity index (χ2n) is 4.91. The Kier molecular flexibility index (Phi) is 7.31. The molecule has 0 fully saturated rings. The van der Waals surface area contributed by atoms with Gasteiger partial charge in [-0.2, -0.15) is 5.10 Å². The molecule has 2 rings (SSSR count). The van der Waals surface area contributed by atoms with Crippen LogP contribution in [0.3, 0.4) is 0 Å². The number of rotatable bonds is 7. The van der Waals surface area contributed by atoms with Gasteiger partial charge in [0, 0.05) is 5.02 Å². The summed E-state index contributed by atoms with van der Waals surface area (Å²) in [5, 5.41) is 5.07. The van der Waals surface area contributed by atoms with Crippen molar-refractivity contribution in [2.45, 2.75) is 13.5 Å². The molecule has 0 aliphatic heterocycles. The average Bonchev–Trinajstić information content (AvgIpc) is 2.55. The average molecular weight is 398 g/mol. The van der Waals surface area contributed by atoms with Gasteiger partial charge in [-0.25, -0.2) is 0 Å². The highest BCUT2D eigenvalue weighted by Gasteiger charge is 2.12. The van der Waals surface area contributed by atoms with E-state index in [1.807, 2.05) is 19.1 Å². The number of hydrogen-bond acceptors (Lipinski definition) is 4. The van der Waals surface area contributed by atoms with E-state index in [4.69, 9.17) is 38.4 Å². The number of ether oxygens (including phenoxy) is 2. The zero-order valence-electron chi connectivity index (χ0n) is 13.5. The van der Waals surface area contributed by atoms with Crippen LogP contribution in [0.5, 0.6) is 11.5 Å². The third kappa shape index (κ3) is 6.08. The molecule has 0 aromatic heterocycles. The Morgan fingerprint density at radius 1 is 1.24 bits per heavy atom. The predicted molar refractivity (Wildman–Crippen MR) is 106 cm³/mol. The van der Waals surface area contributed by atoms with Crippen LogP contribution in [0.25, 0.3) is 0 Å². The number of hydrazone groups is 1. The van der Waals surface area contributed by atoms with Crippen molar-refractivity contribution in [1.29, 1.82) is 0 Å². The Balaban J connectivity index is 2.19. The van der Waals surface area contributed by atoms with Gasteiger partial charge < -0.3 is 15.2 Å². The second kappa shape index (κ2) is 9.46. The van der Waals surface area contributed by atoms with Crippen molar-refractivity contribution in [2.24, 2.45) is 10.8 Å². The van der Waals surface area contributed by atoms with Gasteiger partial charge in [0.1, 0.15) is 6.61 Å². The van der Waals surface area contributed by atoms with Gasteiger partial charge in [0.25, 0.3) is 0 Å². The number of halogens is 2. The van der Waals surface area contributed by atoms with Crippen LogP contribution in [0.4, 0.5) is 0 Å². The fourth-order valence-corrected chi connectivity index (χ4v) is 2.42. The summed E-state index contributed by atoms with van der Waals surface area (Å²) in [5.74, 6) is 0.999. The number of nitrogens with one attached hydrogen (secondary N) is 1. The molecule has 0 aliphatic rings. The first kappa shape index (κ1) is 19.3. The summed E-state index contributed by atoms with van der Waals surface area (Å²) < 4.78 is 11.5. The lowest BCUT2D eigenvalue weighted by molar-refractivity contribution is 0.269. The second-order valence-corrected chi connectivity index (χ2v) is 6.20. The minimum absolute atomic E-state index is 0.0790. The van der Waals surface area contributed by atoms with Crippen LogP contribution in [0.15, 0.2) is 41.5 Å². The maximum atomic E-state index is 6.34. The molecule has 8 heteroatoms. The van der Waals surface area contributed by atoms with Crippen molar-refractivity contribution < 1.29 is 9.47 Å². The molecule has 25 heavy (non-hydrogen) atoms. The highest BCUT2D eigenvalue weighted by Crippen LogP contribution is 2.37. The lowest BCUT2D eigenvalue weighted by Crippen LogP contribution is -2.23. The van der Waals surface area contributed by atoms with Crippen molar-refractivity contribution >= 4 is 46.7 Å². The van der Waals surface area contributed by atoms with E-state index in [1.54, 1.807) is 24.3 Å². The number of hydrogen-bond donors (Lipinski definition) is 2. The maximum Gasteiger partial charge on any atom is 0.184 e. The first-order chi connectivity index (χ1) is 12.0. The number of nitrogens with two attached hydrogens (primary N) is 1. The third-order valence-electron chi connectivity index (χ3n) is 3.02. The molecule has 5 nitrogen and oxygen atoms in total. The van der Waals surface area contributed by atoms with Crippen molar-refractivity contribution in [3.8, 4) is 11.5 Å².